The van der Waals surface area contributed by atoms with Gasteiger partial charge in [-0.15, -0.1) is 13.0 Å². The third kappa shape index (κ3) is 3.60. The molecule has 0 aliphatic carbocycles. The summed E-state index contributed by atoms with van der Waals surface area (Å²) in [5.41, 5.74) is 4.74. The molecule has 94 valence electrons. The van der Waals surface area contributed by atoms with Crippen LogP contribution in [0.2, 0.25) is 0 Å². The van der Waals surface area contributed by atoms with Crippen LogP contribution < -0.4 is 0 Å². The number of terminal acetylenes is 1. The molecule has 2 aromatic carbocycles. The average molecular weight is 246 g/mol. The van der Waals surface area contributed by atoms with E-state index in [1.165, 1.54) is 23.1 Å². The van der Waals surface area contributed by atoms with E-state index in [2.05, 4.69) is 48.9 Å². The van der Waals surface area contributed by atoms with E-state index in [9.17, 15) is 0 Å². The molecule has 0 bridgehead atoms. The van der Waals surface area contributed by atoms with E-state index in [1.807, 2.05) is 18.2 Å². The van der Waals surface area contributed by atoms with Crippen molar-refractivity contribution in [1.82, 2.24) is 0 Å². The lowest BCUT2D eigenvalue weighted by Gasteiger charge is -2.04. The highest BCUT2D eigenvalue weighted by Crippen LogP contribution is 2.20. The van der Waals surface area contributed by atoms with E-state index in [1.54, 1.807) is 0 Å². The molecule has 0 heteroatoms. The molecule has 0 aliphatic heterocycles. The van der Waals surface area contributed by atoms with E-state index < -0.39 is 0 Å². The fraction of sp³-hybridized carbons (Fsp3) is 0.158. The first kappa shape index (κ1) is 13.2. The number of unbranched alkanes of at least 4 members (excludes halogenated alkanes) is 1. The minimum atomic E-state index is 0.921. The Balaban J connectivity index is 2.08. The maximum Gasteiger partial charge on any atom is 0.0243 e. The lowest BCUT2D eigenvalue weighted by molar-refractivity contribution is 0.844. The zero-order chi connectivity index (χ0) is 13.5. The van der Waals surface area contributed by atoms with Crippen LogP contribution in [-0.2, 0) is 6.42 Å². The summed E-state index contributed by atoms with van der Waals surface area (Å²) in [4.78, 5) is 0. The smallest absolute Gasteiger partial charge is 0.0243 e. The highest BCUT2D eigenvalue weighted by atomic mass is 14.0. The summed E-state index contributed by atoms with van der Waals surface area (Å²) in [6.45, 7) is 3.75. The minimum absolute atomic E-state index is 0.921. The fourth-order valence-electron chi connectivity index (χ4n) is 2.07. The number of allylic oxidation sites excluding steroid dienone is 1. The normalized spacial score (nSPS) is 9.84. The molecule has 0 N–H and O–H groups in total. The quantitative estimate of drug-likeness (QED) is 0.402. The molecular formula is C19H18. The van der Waals surface area contributed by atoms with Crippen LogP contribution in [0.1, 0.15) is 24.0 Å². The van der Waals surface area contributed by atoms with Crippen molar-refractivity contribution in [3.05, 3.63) is 72.3 Å². The molecule has 0 nitrogen and oxygen atoms in total. The summed E-state index contributed by atoms with van der Waals surface area (Å²) in [6, 6.07) is 16.9. The molecule has 0 amide bonds. The van der Waals surface area contributed by atoms with Crippen LogP contribution in [0, 0.1) is 12.3 Å². The van der Waals surface area contributed by atoms with Gasteiger partial charge in [-0.05, 0) is 48.1 Å². The largest absolute Gasteiger partial charge is 0.115 e. The summed E-state index contributed by atoms with van der Waals surface area (Å²) < 4.78 is 0. The first-order valence-electron chi connectivity index (χ1n) is 6.60. The Morgan fingerprint density at radius 3 is 2.05 bits per heavy atom. The van der Waals surface area contributed by atoms with Crippen molar-refractivity contribution in [2.24, 2.45) is 0 Å². The molecule has 2 rings (SSSR count). The second-order valence-corrected chi connectivity index (χ2v) is 4.60. The minimum Gasteiger partial charge on any atom is -0.115 e. The Bertz CT molecular complexity index is 565. The molecule has 2 aromatic rings. The zero-order valence-corrected chi connectivity index (χ0v) is 11.1. The van der Waals surface area contributed by atoms with Crippen LogP contribution >= 0.6 is 0 Å². The molecule has 0 saturated heterocycles. The van der Waals surface area contributed by atoms with E-state index in [-0.39, 0.29) is 0 Å². The first-order chi connectivity index (χ1) is 9.33. The molecule has 0 spiro atoms. The Hall–Kier alpha value is -2.26. The molecule has 0 aromatic heterocycles. The lowest BCUT2D eigenvalue weighted by Crippen LogP contribution is -1.85. The van der Waals surface area contributed by atoms with Gasteiger partial charge < -0.3 is 0 Å². The van der Waals surface area contributed by atoms with Crippen molar-refractivity contribution in [2.75, 3.05) is 0 Å². The van der Waals surface area contributed by atoms with Gasteiger partial charge in [0.25, 0.3) is 0 Å². The number of aryl methyl sites for hydroxylation is 1. The molecular weight excluding hydrogens is 228 g/mol. The van der Waals surface area contributed by atoms with Crippen molar-refractivity contribution < 1.29 is 0 Å². The Labute approximate surface area is 115 Å². The summed E-state index contributed by atoms with van der Waals surface area (Å²) in [5.74, 6) is 2.64. The monoisotopic (exact) mass is 246 g/mol. The predicted molar refractivity (Wildman–Crippen MR) is 82.9 cm³/mol. The van der Waals surface area contributed by atoms with Crippen molar-refractivity contribution in [1.29, 1.82) is 0 Å². The van der Waals surface area contributed by atoms with Gasteiger partial charge in [0.1, 0.15) is 0 Å². The third-order valence-electron chi connectivity index (χ3n) is 3.21. The molecule has 0 unspecified atom stereocenters. The summed E-state index contributed by atoms with van der Waals surface area (Å²) in [6.07, 6.45) is 10.7. The van der Waals surface area contributed by atoms with E-state index in [0.717, 1.165) is 18.4 Å². The lowest BCUT2D eigenvalue weighted by atomic mass is 10.0. The number of hydrogen-bond acceptors (Lipinski definition) is 0. The SMILES string of the molecule is C#Cc1ccc(-c2ccc(CCCC=C)cc2)cc1. The van der Waals surface area contributed by atoms with E-state index in [0.29, 0.717) is 0 Å². The van der Waals surface area contributed by atoms with Crippen LogP contribution in [0.5, 0.6) is 0 Å². The first-order valence-corrected chi connectivity index (χ1v) is 6.60. The van der Waals surface area contributed by atoms with Gasteiger partial charge in [0, 0.05) is 5.56 Å². The Morgan fingerprint density at radius 2 is 1.53 bits per heavy atom. The molecule has 19 heavy (non-hydrogen) atoms. The molecule has 0 saturated carbocycles. The highest BCUT2D eigenvalue weighted by Gasteiger charge is 1.98. The maximum absolute atomic E-state index is 5.36. The van der Waals surface area contributed by atoms with Crippen LogP contribution in [0.25, 0.3) is 11.1 Å². The van der Waals surface area contributed by atoms with Crippen LogP contribution in [0.3, 0.4) is 0 Å². The maximum atomic E-state index is 5.36. The number of hydrogen-bond donors (Lipinski definition) is 0. The molecule has 0 fully saturated rings. The molecule has 0 radical (unpaired) electrons. The van der Waals surface area contributed by atoms with Gasteiger partial charge in [-0.1, -0.05) is 48.4 Å². The van der Waals surface area contributed by atoms with E-state index >= 15 is 0 Å². The van der Waals surface area contributed by atoms with Gasteiger partial charge in [0.05, 0.1) is 0 Å². The Morgan fingerprint density at radius 1 is 0.947 bits per heavy atom. The summed E-state index contributed by atoms with van der Waals surface area (Å²) in [7, 11) is 0. The zero-order valence-electron chi connectivity index (χ0n) is 11.1. The number of benzene rings is 2. The van der Waals surface area contributed by atoms with Gasteiger partial charge in [0.2, 0.25) is 0 Å². The average Bonchev–Trinajstić information content (AvgIpc) is 2.48. The summed E-state index contributed by atoms with van der Waals surface area (Å²) in [5, 5.41) is 0. The highest BCUT2D eigenvalue weighted by molar-refractivity contribution is 5.64. The molecule has 0 heterocycles. The van der Waals surface area contributed by atoms with Crippen LogP contribution in [-0.4, -0.2) is 0 Å². The van der Waals surface area contributed by atoms with E-state index in [4.69, 9.17) is 6.42 Å². The predicted octanol–water partition coefficient (Wildman–Crippen LogP) is 4.84. The second-order valence-electron chi connectivity index (χ2n) is 4.60. The van der Waals surface area contributed by atoms with Crippen molar-refractivity contribution in [2.45, 2.75) is 19.3 Å². The van der Waals surface area contributed by atoms with Gasteiger partial charge in [-0.25, -0.2) is 0 Å². The van der Waals surface area contributed by atoms with Gasteiger partial charge in [-0.3, -0.25) is 0 Å². The summed E-state index contributed by atoms with van der Waals surface area (Å²) >= 11 is 0. The topological polar surface area (TPSA) is 0 Å². The number of rotatable bonds is 5. The fourth-order valence-corrected chi connectivity index (χ4v) is 2.07. The van der Waals surface area contributed by atoms with Gasteiger partial charge >= 0.3 is 0 Å². The Kier molecular flexibility index (Phi) is 4.59. The molecule has 0 aliphatic rings. The third-order valence-corrected chi connectivity index (χ3v) is 3.21. The van der Waals surface area contributed by atoms with Crippen molar-refractivity contribution in [3.63, 3.8) is 0 Å². The van der Waals surface area contributed by atoms with Crippen LogP contribution in [0.15, 0.2) is 61.2 Å². The van der Waals surface area contributed by atoms with Gasteiger partial charge in [0.15, 0.2) is 0 Å². The molecule has 0 atom stereocenters. The van der Waals surface area contributed by atoms with Crippen molar-refractivity contribution >= 4 is 0 Å². The second kappa shape index (κ2) is 6.61. The van der Waals surface area contributed by atoms with Gasteiger partial charge in [-0.2, -0.15) is 0 Å². The standard InChI is InChI=1S/C19H18/c1-3-5-6-7-17-10-14-19(15-11-17)18-12-8-16(4-2)9-13-18/h2-3,8-15H,1,5-7H2. The van der Waals surface area contributed by atoms with Crippen LogP contribution in [0.4, 0.5) is 0 Å². The van der Waals surface area contributed by atoms with Crippen molar-refractivity contribution in [3.8, 4) is 23.5 Å².